The summed E-state index contributed by atoms with van der Waals surface area (Å²) in [4.78, 5) is 23.3. The Morgan fingerprint density at radius 1 is 1.39 bits per heavy atom. The first kappa shape index (κ1) is 24.3. The summed E-state index contributed by atoms with van der Waals surface area (Å²) in [6.07, 6.45) is -5.04. The minimum atomic E-state index is -4.43. The smallest absolute Gasteiger partial charge is 0.350 e. The minimum Gasteiger partial charge on any atom is -0.387 e. The maximum atomic E-state index is 13.9. The second kappa shape index (κ2) is 8.72. The number of rotatable bonds is 6. The van der Waals surface area contributed by atoms with Crippen molar-refractivity contribution in [2.24, 2.45) is 0 Å². The van der Waals surface area contributed by atoms with Crippen LogP contribution in [0, 0.1) is 11.3 Å². The molecule has 2 aliphatic rings. The van der Waals surface area contributed by atoms with Crippen LogP contribution in [-0.2, 0) is 14.0 Å². The molecule has 0 bridgehead atoms. The monoisotopic (exact) mass is 508 g/mol. The van der Waals surface area contributed by atoms with E-state index >= 15 is 0 Å². The molecule has 4 atom stereocenters. The van der Waals surface area contributed by atoms with Gasteiger partial charge in [-0.25, -0.2) is 13.8 Å². The molecule has 4 rings (SSSR count). The fourth-order valence-electron chi connectivity index (χ4n) is 4.07. The fourth-order valence-corrected chi connectivity index (χ4v) is 4.62. The maximum absolute atomic E-state index is 13.9. The maximum Gasteiger partial charge on any atom is 0.350 e. The van der Waals surface area contributed by atoms with Gasteiger partial charge in [-0.15, -0.1) is 0 Å². The molecule has 4 heterocycles. The van der Waals surface area contributed by atoms with Crippen molar-refractivity contribution >= 4 is 35.9 Å². The Hall–Kier alpha value is -1.88. The summed E-state index contributed by atoms with van der Waals surface area (Å²) in [5.74, 6) is -2.92. The molecule has 33 heavy (non-hydrogen) atoms. The van der Waals surface area contributed by atoms with E-state index in [2.05, 4.69) is 4.98 Å². The molecule has 2 saturated heterocycles. The van der Waals surface area contributed by atoms with Gasteiger partial charge in [0.2, 0.25) is 0 Å². The number of hydrogen-bond acceptors (Lipinski definition) is 8. The van der Waals surface area contributed by atoms with Gasteiger partial charge >= 0.3 is 7.60 Å². The number of nitrogens with zero attached hydrogens (tertiary/aromatic N) is 4. The van der Waals surface area contributed by atoms with Gasteiger partial charge < -0.3 is 38.9 Å². The Kier molecular flexibility index (Phi) is 6.41. The van der Waals surface area contributed by atoms with Crippen molar-refractivity contribution in [1.29, 1.82) is 5.26 Å². The molecular formula is C18H20ClF2N4O7P. The van der Waals surface area contributed by atoms with Crippen LogP contribution >= 0.6 is 19.2 Å². The summed E-state index contributed by atoms with van der Waals surface area (Å²) >= 11 is 6.19. The van der Waals surface area contributed by atoms with E-state index in [0.29, 0.717) is 5.39 Å². The zero-order valence-electron chi connectivity index (χ0n) is 16.9. The molecule has 15 heteroatoms. The van der Waals surface area contributed by atoms with Crippen LogP contribution in [0.2, 0.25) is 5.15 Å². The molecular weight excluding hydrogens is 489 g/mol. The van der Waals surface area contributed by atoms with Gasteiger partial charge in [0, 0.05) is 24.5 Å². The lowest BCUT2D eigenvalue weighted by Gasteiger charge is -2.22. The number of pyridine rings is 1. The highest BCUT2D eigenvalue weighted by Gasteiger charge is 2.45. The Balaban J connectivity index is 1.67. The Bertz CT molecular complexity index is 1150. The van der Waals surface area contributed by atoms with Gasteiger partial charge in [-0.1, -0.05) is 11.6 Å². The van der Waals surface area contributed by atoms with Crippen molar-refractivity contribution in [2.45, 2.75) is 36.9 Å². The lowest BCUT2D eigenvalue weighted by Crippen LogP contribution is -2.33. The number of alkyl halides is 2. The normalized spacial score (nSPS) is 27.4. The number of ether oxygens (including phenoxy) is 2. The van der Waals surface area contributed by atoms with Crippen molar-refractivity contribution < 1.29 is 42.8 Å². The SMILES string of the molecule is N#Cc1c(Cl)nc2c(ccn2[C@H]2O[C@H](COCP(=O)(O)O)[C@@H](O)[C@H]2O)c1N1CCC(F)(F)C1. The van der Waals surface area contributed by atoms with E-state index in [9.17, 15) is 28.8 Å². The van der Waals surface area contributed by atoms with Crippen LogP contribution in [0.15, 0.2) is 12.3 Å². The zero-order chi connectivity index (χ0) is 24.1. The molecule has 0 amide bonds. The highest BCUT2D eigenvalue weighted by molar-refractivity contribution is 7.51. The molecule has 0 spiro atoms. The zero-order valence-corrected chi connectivity index (χ0v) is 18.5. The van der Waals surface area contributed by atoms with Crippen LogP contribution in [0.1, 0.15) is 18.2 Å². The highest BCUT2D eigenvalue weighted by Crippen LogP contribution is 2.41. The Labute approximate surface area is 190 Å². The third kappa shape index (κ3) is 4.71. The number of hydrogen-bond donors (Lipinski definition) is 4. The van der Waals surface area contributed by atoms with Gasteiger partial charge in [0.25, 0.3) is 5.92 Å². The van der Waals surface area contributed by atoms with Crippen LogP contribution in [0.25, 0.3) is 11.0 Å². The molecule has 2 aromatic heterocycles. The summed E-state index contributed by atoms with van der Waals surface area (Å²) in [6.45, 7) is -0.995. The van der Waals surface area contributed by atoms with Crippen LogP contribution in [0.3, 0.4) is 0 Å². The van der Waals surface area contributed by atoms with Gasteiger partial charge in [-0.05, 0) is 6.07 Å². The van der Waals surface area contributed by atoms with Crippen molar-refractivity contribution in [1.82, 2.24) is 9.55 Å². The van der Waals surface area contributed by atoms with E-state index in [0.717, 1.165) is 0 Å². The Morgan fingerprint density at radius 3 is 2.73 bits per heavy atom. The lowest BCUT2D eigenvalue weighted by atomic mass is 10.1. The van der Waals surface area contributed by atoms with Crippen molar-refractivity contribution in [3.63, 3.8) is 0 Å². The van der Waals surface area contributed by atoms with E-state index in [4.69, 9.17) is 30.9 Å². The lowest BCUT2D eigenvalue weighted by molar-refractivity contribution is -0.0610. The average Bonchev–Trinajstić information content (AvgIpc) is 3.37. The molecule has 0 aliphatic carbocycles. The highest BCUT2D eigenvalue weighted by atomic mass is 35.5. The van der Waals surface area contributed by atoms with Gasteiger partial charge in [-0.2, -0.15) is 5.26 Å². The quantitative estimate of drug-likeness (QED) is 0.329. The molecule has 11 nitrogen and oxygen atoms in total. The largest absolute Gasteiger partial charge is 0.387 e. The van der Waals surface area contributed by atoms with Gasteiger partial charge in [0.05, 0.1) is 18.8 Å². The predicted molar refractivity (Wildman–Crippen MR) is 110 cm³/mol. The van der Waals surface area contributed by atoms with Crippen LogP contribution in [0.5, 0.6) is 0 Å². The van der Waals surface area contributed by atoms with Crippen molar-refractivity contribution in [2.75, 3.05) is 30.9 Å². The summed E-state index contributed by atoms with van der Waals surface area (Å²) in [6, 6.07) is 3.43. The molecule has 0 unspecified atom stereocenters. The van der Waals surface area contributed by atoms with Crippen LogP contribution in [-0.4, -0.2) is 79.8 Å². The van der Waals surface area contributed by atoms with E-state index in [-0.39, 0.29) is 35.0 Å². The van der Waals surface area contributed by atoms with Crippen molar-refractivity contribution in [3.8, 4) is 6.07 Å². The molecule has 2 fully saturated rings. The fraction of sp³-hybridized carbons (Fsp3) is 0.556. The number of halogens is 3. The molecule has 180 valence electrons. The topological polar surface area (TPSA) is 161 Å². The standard InChI is InChI=1S/C18H20ClF2N4O7P/c19-15-10(5-22)12(24-4-2-18(20,21)7-24)9-1-3-25(16(9)23-15)17-14(27)13(26)11(32-17)6-31-8-33(28,29)30/h1,3,11,13-14,17,26-27H,2,4,6-8H2,(H2,28,29,30)/t11-,13-,14-,17+/m1/s1. The third-order valence-electron chi connectivity index (χ3n) is 5.54. The van der Waals surface area contributed by atoms with E-state index < -0.39 is 57.6 Å². The van der Waals surface area contributed by atoms with Gasteiger partial charge in [-0.3, -0.25) is 4.57 Å². The summed E-state index contributed by atoms with van der Waals surface area (Å²) in [7, 11) is -4.43. The van der Waals surface area contributed by atoms with Crippen molar-refractivity contribution in [3.05, 3.63) is 23.0 Å². The number of nitriles is 1. The van der Waals surface area contributed by atoms with E-state index in [1.165, 1.54) is 21.7 Å². The molecule has 0 saturated carbocycles. The molecule has 2 aromatic rings. The van der Waals surface area contributed by atoms with E-state index in [1.807, 2.05) is 6.07 Å². The summed E-state index contributed by atoms with van der Waals surface area (Å²) < 4.78 is 50.5. The third-order valence-corrected chi connectivity index (χ3v) is 6.33. The number of fused-ring (bicyclic) bond motifs is 1. The molecule has 2 aliphatic heterocycles. The summed E-state index contributed by atoms with van der Waals surface area (Å²) in [5.41, 5.74) is 0.270. The first-order valence-electron chi connectivity index (χ1n) is 9.79. The second-order valence-electron chi connectivity index (χ2n) is 7.94. The average molecular weight is 509 g/mol. The number of anilines is 1. The number of aliphatic hydroxyl groups excluding tert-OH is 2. The Morgan fingerprint density at radius 2 is 2.12 bits per heavy atom. The predicted octanol–water partition coefficient (Wildman–Crippen LogP) is 1.18. The van der Waals surface area contributed by atoms with Crippen LogP contribution < -0.4 is 4.90 Å². The van der Waals surface area contributed by atoms with Crippen LogP contribution in [0.4, 0.5) is 14.5 Å². The second-order valence-corrected chi connectivity index (χ2v) is 9.88. The molecule has 4 N–H and O–H groups in total. The summed E-state index contributed by atoms with van der Waals surface area (Å²) in [5, 5.41) is 30.5. The first-order chi connectivity index (χ1) is 15.4. The molecule has 0 radical (unpaired) electrons. The van der Waals surface area contributed by atoms with Gasteiger partial charge in [0.15, 0.2) is 11.4 Å². The van der Waals surface area contributed by atoms with Gasteiger partial charge in [0.1, 0.15) is 41.9 Å². The number of aromatic nitrogens is 2. The first-order valence-corrected chi connectivity index (χ1v) is 12.0. The number of aliphatic hydroxyl groups is 2. The molecule has 0 aromatic carbocycles. The minimum absolute atomic E-state index is 0.00253. The van der Waals surface area contributed by atoms with E-state index in [1.54, 1.807) is 0 Å².